The number of fused-ring (bicyclic) bond motifs is 1. The standard InChI is InChI=1S/C13H20N4/c14-17-13-10-7-2-1-3-8-11(10)15-12(16-13)9-5-4-6-9/h9H,1-8,14H2,(H,15,16,17). The molecular weight excluding hydrogens is 212 g/mol. The van der Waals surface area contributed by atoms with Crippen molar-refractivity contribution in [3.8, 4) is 0 Å². The number of anilines is 1. The number of nitrogens with two attached hydrogens (primary N) is 1. The third kappa shape index (κ3) is 2.02. The van der Waals surface area contributed by atoms with E-state index in [0.29, 0.717) is 5.92 Å². The summed E-state index contributed by atoms with van der Waals surface area (Å²) >= 11 is 0. The number of rotatable bonds is 2. The first-order chi connectivity index (χ1) is 8.38. The maximum absolute atomic E-state index is 5.61. The third-order valence-electron chi connectivity index (χ3n) is 4.06. The highest BCUT2D eigenvalue weighted by atomic mass is 15.3. The van der Waals surface area contributed by atoms with Crippen molar-refractivity contribution in [2.75, 3.05) is 5.43 Å². The molecular formula is C13H20N4. The summed E-state index contributed by atoms with van der Waals surface area (Å²) in [5.74, 6) is 8.08. The monoisotopic (exact) mass is 232 g/mol. The van der Waals surface area contributed by atoms with Gasteiger partial charge in [-0.1, -0.05) is 12.8 Å². The second-order valence-electron chi connectivity index (χ2n) is 5.19. The van der Waals surface area contributed by atoms with Crippen LogP contribution in [0.3, 0.4) is 0 Å². The first-order valence-corrected chi connectivity index (χ1v) is 6.75. The Hall–Kier alpha value is -1.16. The molecule has 1 heterocycles. The SMILES string of the molecule is NNc1nc(C2CCC2)nc2c1CCCCC2. The van der Waals surface area contributed by atoms with Gasteiger partial charge in [-0.3, -0.25) is 0 Å². The van der Waals surface area contributed by atoms with Gasteiger partial charge in [-0.25, -0.2) is 15.8 Å². The van der Waals surface area contributed by atoms with Crippen molar-refractivity contribution in [3.63, 3.8) is 0 Å². The molecule has 0 aliphatic heterocycles. The zero-order valence-corrected chi connectivity index (χ0v) is 10.2. The van der Waals surface area contributed by atoms with E-state index >= 15 is 0 Å². The van der Waals surface area contributed by atoms with E-state index in [1.807, 2.05) is 0 Å². The normalized spacial score (nSPS) is 20.3. The van der Waals surface area contributed by atoms with Crippen LogP contribution in [0.25, 0.3) is 0 Å². The molecule has 0 amide bonds. The minimum atomic E-state index is 0.579. The highest BCUT2D eigenvalue weighted by molar-refractivity contribution is 5.46. The Balaban J connectivity index is 2.00. The first-order valence-electron chi connectivity index (χ1n) is 6.75. The molecule has 0 saturated heterocycles. The fourth-order valence-corrected chi connectivity index (χ4v) is 2.76. The number of aryl methyl sites for hydroxylation is 1. The molecule has 4 heteroatoms. The maximum Gasteiger partial charge on any atom is 0.147 e. The predicted octanol–water partition coefficient (Wildman–Crippen LogP) is 2.30. The van der Waals surface area contributed by atoms with Gasteiger partial charge >= 0.3 is 0 Å². The van der Waals surface area contributed by atoms with Crippen molar-refractivity contribution in [2.24, 2.45) is 5.84 Å². The molecule has 3 N–H and O–H groups in total. The topological polar surface area (TPSA) is 63.8 Å². The number of hydrogen-bond acceptors (Lipinski definition) is 4. The second kappa shape index (κ2) is 4.61. The van der Waals surface area contributed by atoms with E-state index < -0.39 is 0 Å². The van der Waals surface area contributed by atoms with Crippen molar-refractivity contribution in [1.29, 1.82) is 0 Å². The minimum Gasteiger partial charge on any atom is -0.308 e. The van der Waals surface area contributed by atoms with Crippen molar-refractivity contribution in [1.82, 2.24) is 9.97 Å². The van der Waals surface area contributed by atoms with Crippen LogP contribution in [0.5, 0.6) is 0 Å². The number of aromatic nitrogens is 2. The van der Waals surface area contributed by atoms with Crippen LogP contribution in [0.1, 0.15) is 61.5 Å². The van der Waals surface area contributed by atoms with E-state index in [4.69, 9.17) is 10.8 Å². The zero-order chi connectivity index (χ0) is 11.7. The molecule has 2 aliphatic rings. The summed E-state index contributed by atoms with van der Waals surface area (Å²) in [6.45, 7) is 0. The predicted molar refractivity (Wildman–Crippen MR) is 67.7 cm³/mol. The lowest BCUT2D eigenvalue weighted by Crippen LogP contribution is -2.19. The highest BCUT2D eigenvalue weighted by Crippen LogP contribution is 2.36. The average molecular weight is 232 g/mol. The van der Waals surface area contributed by atoms with Gasteiger partial charge in [0, 0.05) is 17.2 Å². The van der Waals surface area contributed by atoms with Gasteiger partial charge in [0.1, 0.15) is 11.6 Å². The van der Waals surface area contributed by atoms with E-state index in [-0.39, 0.29) is 0 Å². The molecule has 1 saturated carbocycles. The Kier molecular flexibility index (Phi) is 2.97. The summed E-state index contributed by atoms with van der Waals surface area (Å²) in [6.07, 6.45) is 9.72. The first kappa shape index (κ1) is 11.0. The fourth-order valence-electron chi connectivity index (χ4n) is 2.76. The molecule has 0 bridgehead atoms. The van der Waals surface area contributed by atoms with Crippen LogP contribution in [0.2, 0.25) is 0 Å². The van der Waals surface area contributed by atoms with Crippen LogP contribution < -0.4 is 11.3 Å². The summed E-state index contributed by atoms with van der Waals surface area (Å²) in [7, 11) is 0. The Morgan fingerprint density at radius 3 is 2.53 bits per heavy atom. The quantitative estimate of drug-likeness (QED) is 0.466. The van der Waals surface area contributed by atoms with Gasteiger partial charge in [0.05, 0.1) is 0 Å². The molecule has 4 nitrogen and oxygen atoms in total. The van der Waals surface area contributed by atoms with Gasteiger partial charge in [-0.15, -0.1) is 0 Å². The molecule has 1 aromatic heterocycles. The minimum absolute atomic E-state index is 0.579. The van der Waals surface area contributed by atoms with Crippen LogP contribution in [0.4, 0.5) is 5.82 Å². The molecule has 17 heavy (non-hydrogen) atoms. The summed E-state index contributed by atoms with van der Waals surface area (Å²) in [5, 5.41) is 0. The number of hydrazine groups is 1. The summed E-state index contributed by atoms with van der Waals surface area (Å²) in [4.78, 5) is 9.42. The molecule has 0 unspecified atom stereocenters. The molecule has 92 valence electrons. The number of hydrogen-bond donors (Lipinski definition) is 2. The molecule has 2 aliphatic carbocycles. The van der Waals surface area contributed by atoms with Gasteiger partial charge in [0.15, 0.2) is 0 Å². The lowest BCUT2D eigenvalue weighted by atomic mass is 9.84. The van der Waals surface area contributed by atoms with Crippen LogP contribution in [0, 0.1) is 0 Å². The number of nitrogens with one attached hydrogen (secondary N) is 1. The summed E-state index contributed by atoms with van der Waals surface area (Å²) < 4.78 is 0. The van der Waals surface area contributed by atoms with Crippen molar-refractivity contribution in [2.45, 2.75) is 57.3 Å². The number of nitrogens with zero attached hydrogens (tertiary/aromatic N) is 2. The fraction of sp³-hybridized carbons (Fsp3) is 0.692. The third-order valence-corrected chi connectivity index (χ3v) is 4.06. The second-order valence-corrected chi connectivity index (χ2v) is 5.19. The van der Waals surface area contributed by atoms with Gasteiger partial charge < -0.3 is 5.43 Å². The van der Waals surface area contributed by atoms with Crippen molar-refractivity contribution >= 4 is 5.82 Å². The van der Waals surface area contributed by atoms with E-state index in [1.54, 1.807) is 0 Å². The molecule has 0 atom stereocenters. The van der Waals surface area contributed by atoms with Gasteiger partial charge in [0.25, 0.3) is 0 Å². The Labute approximate surface area is 102 Å². The Morgan fingerprint density at radius 1 is 1.00 bits per heavy atom. The largest absolute Gasteiger partial charge is 0.308 e. The summed E-state index contributed by atoms with van der Waals surface area (Å²) in [6, 6.07) is 0. The Morgan fingerprint density at radius 2 is 1.82 bits per heavy atom. The van der Waals surface area contributed by atoms with Crippen LogP contribution in [0.15, 0.2) is 0 Å². The lowest BCUT2D eigenvalue weighted by molar-refractivity contribution is 0.400. The average Bonchev–Trinajstić information content (AvgIpc) is 2.50. The maximum atomic E-state index is 5.61. The van der Waals surface area contributed by atoms with Gasteiger partial charge in [0.2, 0.25) is 0 Å². The summed E-state index contributed by atoms with van der Waals surface area (Å²) in [5.41, 5.74) is 5.28. The zero-order valence-electron chi connectivity index (χ0n) is 10.2. The van der Waals surface area contributed by atoms with Crippen molar-refractivity contribution < 1.29 is 0 Å². The van der Waals surface area contributed by atoms with Gasteiger partial charge in [-0.2, -0.15) is 0 Å². The van der Waals surface area contributed by atoms with E-state index in [2.05, 4.69) is 10.4 Å². The van der Waals surface area contributed by atoms with E-state index in [9.17, 15) is 0 Å². The van der Waals surface area contributed by atoms with Crippen molar-refractivity contribution in [3.05, 3.63) is 17.1 Å². The smallest absolute Gasteiger partial charge is 0.147 e. The molecule has 1 aromatic rings. The van der Waals surface area contributed by atoms with Crippen LogP contribution in [-0.2, 0) is 12.8 Å². The molecule has 1 fully saturated rings. The Bertz CT molecular complexity index is 412. The van der Waals surface area contributed by atoms with Crippen LogP contribution >= 0.6 is 0 Å². The molecule has 0 aromatic carbocycles. The highest BCUT2D eigenvalue weighted by Gasteiger charge is 2.25. The number of nitrogen functional groups attached to an aromatic ring is 1. The van der Waals surface area contributed by atoms with Gasteiger partial charge in [-0.05, 0) is 38.5 Å². The molecule has 3 rings (SSSR count). The van der Waals surface area contributed by atoms with E-state index in [1.165, 1.54) is 49.8 Å². The molecule has 0 radical (unpaired) electrons. The van der Waals surface area contributed by atoms with E-state index in [0.717, 1.165) is 24.5 Å². The molecule has 0 spiro atoms. The lowest BCUT2D eigenvalue weighted by Gasteiger charge is -2.25. The van der Waals surface area contributed by atoms with Crippen LogP contribution in [-0.4, -0.2) is 9.97 Å².